The molecule has 0 aliphatic carbocycles. The van der Waals surface area contributed by atoms with Gasteiger partial charge in [-0.05, 0) is 29.6 Å². The van der Waals surface area contributed by atoms with Crippen LogP contribution in [0.4, 0.5) is 5.69 Å². The minimum absolute atomic E-state index is 0.280. The molecule has 1 aromatic heterocycles. The first kappa shape index (κ1) is 12.4. The zero-order chi connectivity index (χ0) is 13.0. The molecular weight excluding hydrogens is 250 g/mol. The summed E-state index contributed by atoms with van der Waals surface area (Å²) in [5.74, 6) is 0.155. The van der Waals surface area contributed by atoms with Gasteiger partial charge < -0.3 is 15.2 Å². The van der Waals surface area contributed by atoms with Crippen molar-refractivity contribution in [3.8, 4) is 5.75 Å². The summed E-state index contributed by atoms with van der Waals surface area (Å²) in [6.07, 6.45) is 0. The van der Waals surface area contributed by atoms with Gasteiger partial charge in [0.1, 0.15) is 12.4 Å². The topological polar surface area (TPSA) is 61.5 Å². The highest BCUT2D eigenvalue weighted by Crippen LogP contribution is 2.22. The van der Waals surface area contributed by atoms with E-state index in [0.717, 1.165) is 4.88 Å². The lowest BCUT2D eigenvalue weighted by Gasteiger charge is -2.07. The van der Waals surface area contributed by atoms with Crippen LogP contribution in [0.2, 0.25) is 0 Å². The van der Waals surface area contributed by atoms with Crippen LogP contribution in [0.25, 0.3) is 0 Å². The van der Waals surface area contributed by atoms with E-state index in [9.17, 15) is 4.79 Å². The molecule has 0 amide bonds. The molecule has 0 aliphatic heterocycles. The van der Waals surface area contributed by atoms with Gasteiger partial charge in [-0.15, -0.1) is 11.3 Å². The van der Waals surface area contributed by atoms with Crippen LogP contribution in [-0.2, 0) is 11.3 Å². The molecule has 5 heteroatoms. The smallest absolute Gasteiger partial charge is 0.338 e. The first-order valence-electron chi connectivity index (χ1n) is 5.33. The molecule has 4 nitrogen and oxygen atoms in total. The summed E-state index contributed by atoms with van der Waals surface area (Å²) in [4.78, 5) is 12.8. The van der Waals surface area contributed by atoms with Crippen molar-refractivity contribution in [2.24, 2.45) is 0 Å². The van der Waals surface area contributed by atoms with Crippen LogP contribution < -0.4 is 10.5 Å². The molecule has 18 heavy (non-hydrogen) atoms. The van der Waals surface area contributed by atoms with E-state index in [1.165, 1.54) is 7.11 Å². The summed E-state index contributed by atoms with van der Waals surface area (Å²) < 4.78 is 10.2. The van der Waals surface area contributed by atoms with Gasteiger partial charge in [-0.2, -0.15) is 0 Å². The quantitative estimate of drug-likeness (QED) is 0.680. The second kappa shape index (κ2) is 5.55. The van der Waals surface area contributed by atoms with E-state index in [2.05, 4.69) is 0 Å². The van der Waals surface area contributed by atoms with Gasteiger partial charge in [0.15, 0.2) is 0 Å². The summed E-state index contributed by atoms with van der Waals surface area (Å²) in [6, 6.07) is 8.66. The average Bonchev–Trinajstić information content (AvgIpc) is 2.89. The number of benzene rings is 1. The molecule has 2 aromatic rings. The maximum Gasteiger partial charge on any atom is 0.338 e. The summed E-state index contributed by atoms with van der Waals surface area (Å²) >= 11 is 1.55. The fraction of sp³-hybridized carbons (Fsp3) is 0.154. The first-order valence-corrected chi connectivity index (χ1v) is 6.21. The van der Waals surface area contributed by atoms with E-state index in [1.54, 1.807) is 29.5 Å². The predicted molar refractivity (Wildman–Crippen MR) is 70.8 cm³/mol. The van der Waals surface area contributed by atoms with Gasteiger partial charge in [-0.1, -0.05) is 6.07 Å². The minimum Gasteiger partial charge on any atom is -0.495 e. The van der Waals surface area contributed by atoms with Gasteiger partial charge in [0.25, 0.3) is 0 Å². The molecule has 2 N–H and O–H groups in total. The standard InChI is InChI=1S/C13H13NO3S/c1-16-12-5-4-9(7-11(12)14)13(15)17-8-10-3-2-6-18-10/h2-7H,8,14H2,1H3. The summed E-state index contributed by atoms with van der Waals surface area (Å²) in [6.45, 7) is 0.280. The van der Waals surface area contributed by atoms with Crippen molar-refractivity contribution in [2.45, 2.75) is 6.61 Å². The van der Waals surface area contributed by atoms with Gasteiger partial charge in [-0.25, -0.2) is 4.79 Å². The maximum absolute atomic E-state index is 11.8. The Balaban J connectivity index is 2.02. The van der Waals surface area contributed by atoms with Crippen LogP contribution in [0.15, 0.2) is 35.7 Å². The number of rotatable bonds is 4. The molecule has 0 bridgehead atoms. The molecule has 0 spiro atoms. The predicted octanol–water partition coefficient (Wildman–Crippen LogP) is 2.70. The van der Waals surface area contributed by atoms with Crippen LogP contribution >= 0.6 is 11.3 Å². The largest absolute Gasteiger partial charge is 0.495 e. The number of ether oxygens (including phenoxy) is 2. The highest BCUT2D eigenvalue weighted by molar-refractivity contribution is 7.09. The van der Waals surface area contributed by atoms with Crippen molar-refractivity contribution in [2.75, 3.05) is 12.8 Å². The first-order chi connectivity index (χ1) is 8.70. The normalized spacial score (nSPS) is 10.1. The Hall–Kier alpha value is -2.01. The highest BCUT2D eigenvalue weighted by Gasteiger charge is 2.10. The molecule has 0 fully saturated rings. The van der Waals surface area contributed by atoms with Crippen LogP contribution in [0, 0.1) is 0 Å². The molecular formula is C13H13NO3S. The van der Waals surface area contributed by atoms with Crippen molar-refractivity contribution in [1.82, 2.24) is 0 Å². The zero-order valence-electron chi connectivity index (χ0n) is 9.88. The van der Waals surface area contributed by atoms with Crippen molar-refractivity contribution < 1.29 is 14.3 Å². The number of nitrogen functional groups attached to an aromatic ring is 1. The summed E-state index contributed by atoms with van der Waals surface area (Å²) in [7, 11) is 1.53. The molecule has 0 saturated heterocycles. The Morgan fingerprint density at radius 1 is 1.39 bits per heavy atom. The van der Waals surface area contributed by atoms with Gasteiger partial charge in [-0.3, -0.25) is 0 Å². The molecule has 0 aliphatic rings. The minimum atomic E-state index is -0.391. The average molecular weight is 263 g/mol. The third-order valence-corrected chi connectivity index (χ3v) is 3.24. The fourth-order valence-electron chi connectivity index (χ4n) is 1.48. The van der Waals surface area contributed by atoms with Gasteiger partial charge >= 0.3 is 5.97 Å². The van der Waals surface area contributed by atoms with E-state index < -0.39 is 5.97 Å². The molecule has 1 aromatic carbocycles. The second-order valence-corrected chi connectivity index (χ2v) is 4.64. The van der Waals surface area contributed by atoms with Crippen molar-refractivity contribution in [3.05, 3.63) is 46.2 Å². The number of anilines is 1. The highest BCUT2D eigenvalue weighted by atomic mass is 32.1. The van der Waals surface area contributed by atoms with Gasteiger partial charge in [0.2, 0.25) is 0 Å². The number of methoxy groups -OCH3 is 1. The fourth-order valence-corrected chi connectivity index (χ4v) is 2.09. The number of esters is 1. The Labute approximate surface area is 109 Å². The number of carbonyl (C=O) groups is 1. The van der Waals surface area contributed by atoms with E-state index in [4.69, 9.17) is 15.2 Å². The zero-order valence-corrected chi connectivity index (χ0v) is 10.7. The Morgan fingerprint density at radius 3 is 2.83 bits per heavy atom. The molecule has 0 radical (unpaired) electrons. The lowest BCUT2D eigenvalue weighted by atomic mass is 10.2. The maximum atomic E-state index is 11.8. The number of hydrogen-bond donors (Lipinski definition) is 1. The van der Waals surface area contributed by atoms with E-state index >= 15 is 0 Å². The lowest BCUT2D eigenvalue weighted by molar-refractivity contribution is 0.0477. The Morgan fingerprint density at radius 2 is 2.22 bits per heavy atom. The Bertz CT molecular complexity index is 537. The molecule has 2 rings (SSSR count). The molecule has 0 atom stereocenters. The van der Waals surface area contributed by atoms with Gasteiger partial charge in [0, 0.05) is 4.88 Å². The van der Waals surface area contributed by atoms with Crippen molar-refractivity contribution in [3.63, 3.8) is 0 Å². The summed E-state index contributed by atoms with van der Waals surface area (Å²) in [5, 5.41) is 1.94. The van der Waals surface area contributed by atoms with Crippen LogP contribution in [0.5, 0.6) is 5.75 Å². The SMILES string of the molecule is COc1ccc(C(=O)OCc2cccs2)cc1N. The second-order valence-electron chi connectivity index (χ2n) is 3.61. The van der Waals surface area contributed by atoms with Crippen molar-refractivity contribution in [1.29, 1.82) is 0 Å². The van der Waals surface area contributed by atoms with E-state index in [1.807, 2.05) is 17.5 Å². The molecule has 0 unspecified atom stereocenters. The Kier molecular flexibility index (Phi) is 3.84. The van der Waals surface area contributed by atoms with E-state index in [-0.39, 0.29) is 6.61 Å². The molecule has 0 saturated carbocycles. The number of carbonyl (C=O) groups excluding carboxylic acids is 1. The number of hydrogen-bond acceptors (Lipinski definition) is 5. The third kappa shape index (κ3) is 2.81. The van der Waals surface area contributed by atoms with Gasteiger partial charge in [0.05, 0.1) is 18.4 Å². The third-order valence-electron chi connectivity index (χ3n) is 2.39. The van der Waals surface area contributed by atoms with Crippen LogP contribution in [-0.4, -0.2) is 13.1 Å². The lowest BCUT2D eigenvalue weighted by Crippen LogP contribution is -2.05. The van der Waals surface area contributed by atoms with Crippen LogP contribution in [0.3, 0.4) is 0 Å². The monoisotopic (exact) mass is 263 g/mol. The molecule has 94 valence electrons. The summed E-state index contributed by atoms with van der Waals surface area (Å²) in [5.41, 5.74) is 6.57. The van der Waals surface area contributed by atoms with E-state index in [0.29, 0.717) is 17.0 Å². The molecule has 1 heterocycles. The number of thiophene rings is 1. The van der Waals surface area contributed by atoms with Crippen molar-refractivity contribution >= 4 is 23.0 Å². The number of nitrogens with two attached hydrogens (primary N) is 1. The van der Waals surface area contributed by atoms with Crippen LogP contribution in [0.1, 0.15) is 15.2 Å².